The number of nitrogens with zero attached hydrogens (tertiary/aromatic N) is 2. The van der Waals surface area contributed by atoms with Gasteiger partial charge in [0.2, 0.25) is 10.0 Å². The van der Waals surface area contributed by atoms with Gasteiger partial charge in [-0.3, -0.25) is 4.98 Å². The van der Waals surface area contributed by atoms with Crippen LogP contribution >= 0.6 is 11.6 Å². The van der Waals surface area contributed by atoms with Crippen molar-refractivity contribution in [2.45, 2.75) is 25.9 Å². The van der Waals surface area contributed by atoms with E-state index in [2.05, 4.69) is 11.1 Å². The molecule has 1 aliphatic rings. The lowest BCUT2D eigenvalue weighted by Gasteiger charge is -2.31. The van der Waals surface area contributed by atoms with Gasteiger partial charge in [0, 0.05) is 35.9 Å². The van der Waals surface area contributed by atoms with Crippen molar-refractivity contribution in [3.8, 4) is 16.9 Å². The Kier molecular flexibility index (Phi) is 5.76. The molecule has 0 bridgehead atoms. The zero-order valence-corrected chi connectivity index (χ0v) is 17.8. The number of pyridine rings is 1. The van der Waals surface area contributed by atoms with Gasteiger partial charge in [0.05, 0.1) is 5.75 Å². The summed E-state index contributed by atoms with van der Waals surface area (Å²) in [7, 11) is -3.14. The van der Waals surface area contributed by atoms with Crippen LogP contribution in [0.15, 0.2) is 54.9 Å². The molecule has 152 valence electrons. The summed E-state index contributed by atoms with van der Waals surface area (Å²) in [5, 5.41) is 2.67. The molecule has 4 rings (SSSR count). The zero-order chi connectivity index (χ0) is 20.4. The summed E-state index contributed by atoms with van der Waals surface area (Å²) in [5.74, 6) is 0.902. The Hall–Kier alpha value is -2.15. The topological polar surface area (TPSA) is 59.5 Å². The Bertz CT molecular complexity index is 1130. The number of ether oxygens (including phenoxy) is 1. The number of piperidine rings is 1. The van der Waals surface area contributed by atoms with E-state index in [0.717, 1.165) is 27.6 Å². The first-order valence-corrected chi connectivity index (χ1v) is 11.7. The molecule has 0 atom stereocenters. The normalized spacial score (nSPS) is 16.2. The maximum Gasteiger partial charge on any atom is 0.213 e. The van der Waals surface area contributed by atoms with E-state index in [9.17, 15) is 8.42 Å². The highest BCUT2D eigenvalue weighted by Gasteiger charge is 2.28. The first-order chi connectivity index (χ1) is 14.0. The monoisotopic (exact) mass is 430 g/mol. The lowest BCUT2D eigenvalue weighted by atomic mass is 10.0. The third-order valence-corrected chi connectivity index (χ3v) is 7.45. The number of aromatic nitrogens is 1. The van der Waals surface area contributed by atoms with Gasteiger partial charge in [-0.2, -0.15) is 0 Å². The summed E-state index contributed by atoms with van der Waals surface area (Å²) in [6.07, 6.45) is 4.88. The molecule has 0 radical (unpaired) electrons. The fraction of sp³-hybridized carbons (Fsp3) is 0.318. The molecule has 29 heavy (non-hydrogen) atoms. The van der Waals surface area contributed by atoms with Crippen molar-refractivity contribution in [2.24, 2.45) is 0 Å². The highest BCUT2D eigenvalue weighted by Crippen LogP contribution is 2.34. The second-order valence-corrected chi connectivity index (χ2v) is 9.89. The van der Waals surface area contributed by atoms with E-state index in [-0.39, 0.29) is 11.9 Å². The van der Waals surface area contributed by atoms with Crippen LogP contribution < -0.4 is 4.74 Å². The lowest BCUT2D eigenvalue weighted by Crippen LogP contribution is -2.42. The van der Waals surface area contributed by atoms with Gasteiger partial charge in [0.15, 0.2) is 0 Å². The van der Waals surface area contributed by atoms with Crippen molar-refractivity contribution in [3.63, 3.8) is 0 Å². The number of fused-ring (bicyclic) bond motifs is 1. The molecule has 1 aromatic heterocycles. The van der Waals surface area contributed by atoms with Crippen LogP contribution in [0.4, 0.5) is 0 Å². The van der Waals surface area contributed by atoms with Gasteiger partial charge in [-0.05, 0) is 66.6 Å². The SMILES string of the molecule is CCS(=O)(=O)N1CCC(Oc2cc(-c3cccc(Cl)c3)cc3ccncc23)CC1. The molecule has 0 amide bonds. The molecule has 0 saturated carbocycles. The zero-order valence-electron chi connectivity index (χ0n) is 16.2. The molecule has 0 spiro atoms. The van der Waals surface area contributed by atoms with Crippen molar-refractivity contribution in [1.82, 2.24) is 9.29 Å². The summed E-state index contributed by atoms with van der Waals surface area (Å²) in [6, 6.07) is 13.8. The van der Waals surface area contributed by atoms with E-state index >= 15 is 0 Å². The lowest BCUT2D eigenvalue weighted by molar-refractivity contribution is 0.137. The van der Waals surface area contributed by atoms with E-state index in [1.165, 1.54) is 0 Å². The van der Waals surface area contributed by atoms with Crippen LogP contribution in [0.3, 0.4) is 0 Å². The Labute approximate surface area is 176 Å². The third kappa shape index (κ3) is 4.39. The Balaban J connectivity index is 1.62. The molecule has 1 aliphatic heterocycles. The summed E-state index contributed by atoms with van der Waals surface area (Å²) < 4.78 is 32.1. The predicted molar refractivity (Wildman–Crippen MR) is 117 cm³/mol. The van der Waals surface area contributed by atoms with Gasteiger partial charge < -0.3 is 4.74 Å². The van der Waals surface area contributed by atoms with Crippen LogP contribution in [-0.2, 0) is 10.0 Å². The molecule has 2 aromatic carbocycles. The van der Waals surface area contributed by atoms with Crippen LogP contribution in [0.2, 0.25) is 5.02 Å². The van der Waals surface area contributed by atoms with Gasteiger partial charge in [0.25, 0.3) is 0 Å². The quantitative estimate of drug-likeness (QED) is 0.586. The molecule has 1 saturated heterocycles. The molecular weight excluding hydrogens is 408 g/mol. The van der Waals surface area contributed by atoms with E-state index in [4.69, 9.17) is 16.3 Å². The molecular formula is C22H23ClN2O3S. The molecule has 2 heterocycles. The van der Waals surface area contributed by atoms with Crippen molar-refractivity contribution < 1.29 is 13.2 Å². The number of halogens is 1. The molecule has 0 unspecified atom stereocenters. The number of sulfonamides is 1. The summed E-state index contributed by atoms with van der Waals surface area (Å²) >= 11 is 6.18. The average molecular weight is 431 g/mol. The first kappa shape index (κ1) is 20.1. The predicted octanol–water partition coefficient (Wildman–Crippen LogP) is 4.75. The molecule has 7 heteroatoms. The fourth-order valence-electron chi connectivity index (χ4n) is 3.69. The van der Waals surface area contributed by atoms with Crippen molar-refractivity contribution in [2.75, 3.05) is 18.8 Å². The second-order valence-electron chi connectivity index (χ2n) is 7.20. The smallest absolute Gasteiger partial charge is 0.213 e. The van der Waals surface area contributed by atoms with E-state index in [0.29, 0.717) is 31.0 Å². The molecule has 5 nitrogen and oxygen atoms in total. The van der Waals surface area contributed by atoms with Crippen molar-refractivity contribution in [1.29, 1.82) is 0 Å². The van der Waals surface area contributed by atoms with Crippen LogP contribution in [0.5, 0.6) is 5.75 Å². The van der Waals surface area contributed by atoms with Crippen LogP contribution in [0.25, 0.3) is 21.9 Å². The number of hydrogen-bond acceptors (Lipinski definition) is 4. The Morgan fingerprint density at radius 3 is 2.66 bits per heavy atom. The highest BCUT2D eigenvalue weighted by atomic mass is 35.5. The van der Waals surface area contributed by atoms with Gasteiger partial charge in [0.1, 0.15) is 11.9 Å². The van der Waals surface area contributed by atoms with Crippen molar-refractivity contribution in [3.05, 3.63) is 59.9 Å². The first-order valence-electron chi connectivity index (χ1n) is 9.74. The molecule has 0 aliphatic carbocycles. The number of benzene rings is 2. The fourth-order valence-corrected chi connectivity index (χ4v) is 5.01. The number of rotatable bonds is 5. The minimum atomic E-state index is -3.14. The summed E-state index contributed by atoms with van der Waals surface area (Å²) in [4.78, 5) is 4.25. The largest absolute Gasteiger partial charge is 0.490 e. The van der Waals surface area contributed by atoms with Crippen LogP contribution in [0.1, 0.15) is 19.8 Å². The third-order valence-electron chi connectivity index (χ3n) is 5.33. The van der Waals surface area contributed by atoms with E-state index in [1.807, 2.05) is 42.6 Å². The van der Waals surface area contributed by atoms with Gasteiger partial charge >= 0.3 is 0 Å². The van der Waals surface area contributed by atoms with Crippen LogP contribution in [0, 0.1) is 0 Å². The molecule has 1 fully saturated rings. The van der Waals surface area contributed by atoms with E-state index < -0.39 is 10.0 Å². The average Bonchev–Trinajstić information content (AvgIpc) is 2.74. The molecule has 0 N–H and O–H groups in total. The standard InChI is InChI=1S/C22H23ClN2O3S/c1-2-29(26,27)25-10-7-20(8-11-25)28-22-14-18(16-4-3-5-19(23)13-16)12-17-6-9-24-15-21(17)22/h3-6,9,12-15,20H,2,7-8,10-11H2,1H3. The number of hydrogen-bond donors (Lipinski definition) is 0. The maximum atomic E-state index is 12.1. The van der Waals surface area contributed by atoms with Crippen LogP contribution in [-0.4, -0.2) is 42.7 Å². The molecule has 3 aromatic rings. The summed E-state index contributed by atoms with van der Waals surface area (Å²) in [5.41, 5.74) is 2.04. The van der Waals surface area contributed by atoms with Gasteiger partial charge in [-0.25, -0.2) is 12.7 Å². The Morgan fingerprint density at radius 2 is 1.93 bits per heavy atom. The summed E-state index contributed by atoms with van der Waals surface area (Å²) in [6.45, 7) is 2.66. The minimum Gasteiger partial charge on any atom is -0.490 e. The Morgan fingerprint density at radius 1 is 1.14 bits per heavy atom. The van der Waals surface area contributed by atoms with Gasteiger partial charge in [-0.1, -0.05) is 23.7 Å². The minimum absolute atomic E-state index is 0.0312. The van der Waals surface area contributed by atoms with Crippen molar-refractivity contribution >= 4 is 32.4 Å². The van der Waals surface area contributed by atoms with E-state index in [1.54, 1.807) is 17.4 Å². The highest BCUT2D eigenvalue weighted by molar-refractivity contribution is 7.89. The van der Waals surface area contributed by atoms with Gasteiger partial charge in [-0.15, -0.1) is 0 Å². The maximum absolute atomic E-state index is 12.1. The second kappa shape index (κ2) is 8.30.